The summed E-state index contributed by atoms with van der Waals surface area (Å²) in [6.07, 6.45) is -3.37. The molecular weight excluding hydrogens is 630 g/mol. The molecular formula is C34H33F4N7O3. The molecule has 0 radical (unpaired) electrons. The first-order valence-electron chi connectivity index (χ1n) is 15.3. The van der Waals surface area contributed by atoms with Crippen LogP contribution in [0.2, 0.25) is 0 Å². The molecule has 1 atom stereocenters. The van der Waals surface area contributed by atoms with Gasteiger partial charge in [-0.15, -0.1) is 5.10 Å². The van der Waals surface area contributed by atoms with Crippen molar-refractivity contribution in [1.29, 1.82) is 0 Å². The molecule has 0 aliphatic carbocycles. The van der Waals surface area contributed by atoms with Crippen molar-refractivity contribution in [3.63, 3.8) is 0 Å². The molecule has 1 unspecified atom stereocenters. The minimum atomic E-state index is -4.52. The lowest BCUT2D eigenvalue weighted by Gasteiger charge is -2.40. The van der Waals surface area contributed by atoms with Crippen molar-refractivity contribution in [2.24, 2.45) is 0 Å². The molecule has 0 amide bonds. The smallest absolute Gasteiger partial charge is 0.416 e. The Kier molecular flexibility index (Phi) is 8.54. The number of carboxylic acids is 1. The maximum Gasteiger partial charge on any atom is 0.416 e. The summed E-state index contributed by atoms with van der Waals surface area (Å²) in [7, 11) is 0. The summed E-state index contributed by atoms with van der Waals surface area (Å²) >= 11 is 0. The molecule has 250 valence electrons. The molecule has 1 fully saturated rings. The van der Waals surface area contributed by atoms with Gasteiger partial charge in [0.2, 0.25) is 5.43 Å². The zero-order valence-corrected chi connectivity index (χ0v) is 26.4. The second-order valence-corrected chi connectivity index (χ2v) is 12.8. The summed E-state index contributed by atoms with van der Waals surface area (Å²) < 4.78 is 58.4. The van der Waals surface area contributed by atoms with E-state index in [0.717, 1.165) is 30.0 Å². The van der Waals surface area contributed by atoms with E-state index in [1.54, 1.807) is 4.68 Å². The number of rotatable bonds is 7. The van der Waals surface area contributed by atoms with Crippen LogP contribution >= 0.6 is 0 Å². The second kappa shape index (κ2) is 12.5. The van der Waals surface area contributed by atoms with Crippen LogP contribution in [0.3, 0.4) is 0 Å². The Morgan fingerprint density at radius 2 is 1.62 bits per heavy atom. The Labute approximate surface area is 272 Å². The molecule has 1 aliphatic rings. The van der Waals surface area contributed by atoms with Crippen molar-refractivity contribution in [1.82, 2.24) is 29.7 Å². The molecule has 48 heavy (non-hydrogen) atoms. The van der Waals surface area contributed by atoms with E-state index in [0.29, 0.717) is 37.6 Å². The third-order valence-corrected chi connectivity index (χ3v) is 8.52. The summed E-state index contributed by atoms with van der Waals surface area (Å²) in [6, 6.07) is 16.6. The number of pyridine rings is 1. The fourth-order valence-electron chi connectivity index (χ4n) is 6.14. The number of halogens is 4. The molecule has 6 rings (SSSR count). The lowest BCUT2D eigenvalue weighted by Crippen LogP contribution is -2.49. The summed E-state index contributed by atoms with van der Waals surface area (Å²) in [4.78, 5) is 29.1. The highest BCUT2D eigenvalue weighted by Crippen LogP contribution is 2.33. The van der Waals surface area contributed by atoms with Crippen LogP contribution in [-0.4, -0.2) is 66.9 Å². The number of benzene rings is 3. The van der Waals surface area contributed by atoms with Gasteiger partial charge in [0.25, 0.3) is 0 Å². The van der Waals surface area contributed by atoms with E-state index in [1.807, 2.05) is 56.0 Å². The number of piperazine rings is 1. The Bertz CT molecular complexity index is 2010. The van der Waals surface area contributed by atoms with Gasteiger partial charge >= 0.3 is 12.1 Å². The summed E-state index contributed by atoms with van der Waals surface area (Å²) in [5.74, 6) is -1.50. The zero-order chi connectivity index (χ0) is 34.4. The van der Waals surface area contributed by atoms with E-state index in [-0.39, 0.29) is 34.7 Å². The van der Waals surface area contributed by atoms with Crippen molar-refractivity contribution in [3.05, 3.63) is 117 Å². The molecule has 3 heterocycles. The number of alkyl halides is 3. The van der Waals surface area contributed by atoms with Crippen molar-refractivity contribution in [2.75, 3.05) is 31.1 Å². The van der Waals surface area contributed by atoms with Crippen LogP contribution < -0.4 is 10.3 Å². The van der Waals surface area contributed by atoms with E-state index >= 15 is 4.39 Å². The quantitative estimate of drug-likeness (QED) is 0.226. The molecule has 10 nitrogen and oxygen atoms in total. The number of anilines is 1. The van der Waals surface area contributed by atoms with Crippen molar-refractivity contribution in [2.45, 2.75) is 45.1 Å². The maximum atomic E-state index is 15.8. The van der Waals surface area contributed by atoms with Crippen LogP contribution in [0.1, 0.15) is 59.7 Å². The third kappa shape index (κ3) is 6.39. The first-order valence-corrected chi connectivity index (χ1v) is 15.3. The summed E-state index contributed by atoms with van der Waals surface area (Å²) in [6.45, 7) is 7.88. The molecule has 0 bridgehead atoms. The number of hydrogen-bond acceptors (Lipinski definition) is 7. The predicted octanol–water partition coefficient (Wildman–Crippen LogP) is 5.56. The molecule has 14 heteroatoms. The largest absolute Gasteiger partial charge is 0.477 e. The zero-order valence-electron chi connectivity index (χ0n) is 26.4. The molecule has 5 aromatic rings. The van der Waals surface area contributed by atoms with Gasteiger partial charge in [0, 0.05) is 44.3 Å². The summed E-state index contributed by atoms with van der Waals surface area (Å²) in [5, 5.41) is 22.2. The number of carbonyl (C=O) groups is 1. The number of aromatic carboxylic acids is 1. The van der Waals surface area contributed by atoms with Gasteiger partial charge < -0.3 is 14.6 Å². The Hall–Kier alpha value is -5.11. The number of fused-ring (bicyclic) bond motifs is 1. The van der Waals surface area contributed by atoms with Gasteiger partial charge in [0.05, 0.1) is 28.3 Å². The Balaban J connectivity index is 1.33. The van der Waals surface area contributed by atoms with Gasteiger partial charge in [-0.3, -0.25) is 9.69 Å². The van der Waals surface area contributed by atoms with Crippen molar-refractivity contribution >= 4 is 22.6 Å². The number of hydrogen-bond donors (Lipinski definition) is 1. The molecule has 0 spiro atoms. The predicted molar refractivity (Wildman–Crippen MR) is 171 cm³/mol. The van der Waals surface area contributed by atoms with Gasteiger partial charge in [-0.25, -0.2) is 13.9 Å². The summed E-state index contributed by atoms with van der Waals surface area (Å²) in [5.41, 5.74) is -0.693. The topological polar surface area (TPSA) is 109 Å². The van der Waals surface area contributed by atoms with Crippen LogP contribution in [0, 0.1) is 5.82 Å². The number of carboxylic acid groups (broad SMARTS) is 1. The normalized spacial score (nSPS) is 15.2. The Morgan fingerprint density at radius 1 is 0.958 bits per heavy atom. The Morgan fingerprint density at radius 3 is 2.23 bits per heavy atom. The molecule has 3 aromatic carbocycles. The van der Waals surface area contributed by atoms with Crippen LogP contribution in [0.25, 0.3) is 10.9 Å². The van der Waals surface area contributed by atoms with Gasteiger partial charge in [0.15, 0.2) is 5.82 Å². The van der Waals surface area contributed by atoms with Crippen molar-refractivity contribution in [3.8, 4) is 0 Å². The first kappa shape index (κ1) is 32.8. The van der Waals surface area contributed by atoms with Crippen LogP contribution in [0.15, 0.2) is 77.7 Å². The molecule has 1 N–H and O–H groups in total. The van der Waals surface area contributed by atoms with E-state index < -0.39 is 34.5 Å². The highest BCUT2D eigenvalue weighted by atomic mass is 19.4. The fourth-order valence-corrected chi connectivity index (χ4v) is 6.14. The number of aromatic nitrogens is 5. The standard InChI is InChI=1S/C34H33F4N7O3/c1-33(2,3)45-31(39-40-41-45)29(22-7-5-4-6-8-22)43-15-13-42(14-16-43)28-18-27-24(17-26(28)35)30(46)25(32(47)48)20-44(27)19-21-9-11-23(12-10-21)34(36,37)38/h4-12,17-18,20,29H,13-16,19H2,1-3H3,(H,47,48). The molecule has 0 saturated carbocycles. The van der Waals surface area contributed by atoms with Gasteiger partial charge in [-0.2, -0.15) is 13.2 Å². The van der Waals surface area contributed by atoms with E-state index in [9.17, 15) is 27.9 Å². The lowest BCUT2D eigenvalue weighted by atomic mass is 10.0. The lowest BCUT2D eigenvalue weighted by molar-refractivity contribution is -0.137. The van der Waals surface area contributed by atoms with Crippen LogP contribution in [0.4, 0.5) is 23.2 Å². The average molecular weight is 664 g/mol. The average Bonchev–Trinajstić information content (AvgIpc) is 3.53. The number of nitrogens with zero attached hydrogens (tertiary/aromatic N) is 7. The first-order chi connectivity index (χ1) is 22.7. The maximum absolute atomic E-state index is 15.8. The molecule has 2 aromatic heterocycles. The van der Waals surface area contributed by atoms with Crippen LogP contribution in [-0.2, 0) is 18.3 Å². The van der Waals surface area contributed by atoms with Gasteiger partial charge in [0.1, 0.15) is 11.4 Å². The minimum Gasteiger partial charge on any atom is -0.477 e. The molecule has 1 aliphatic heterocycles. The second-order valence-electron chi connectivity index (χ2n) is 12.8. The fraction of sp³-hybridized carbons (Fsp3) is 0.324. The number of tetrazole rings is 1. The minimum absolute atomic E-state index is 0.0463. The third-order valence-electron chi connectivity index (χ3n) is 8.52. The van der Waals surface area contributed by atoms with Crippen molar-refractivity contribution < 1.29 is 27.5 Å². The van der Waals surface area contributed by atoms with E-state index in [2.05, 4.69) is 20.4 Å². The van der Waals surface area contributed by atoms with Gasteiger partial charge in [-0.1, -0.05) is 42.5 Å². The van der Waals surface area contributed by atoms with E-state index in [4.69, 9.17) is 0 Å². The highest BCUT2D eigenvalue weighted by molar-refractivity contribution is 5.93. The van der Waals surface area contributed by atoms with Gasteiger partial charge in [-0.05, 0) is 66.6 Å². The monoisotopic (exact) mass is 663 g/mol. The molecule has 1 saturated heterocycles. The van der Waals surface area contributed by atoms with Crippen LogP contribution in [0.5, 0.6) is 0 Å². The highest BCUT2D eigenvalue weighted by Gasteiger charge is 2.34. The SMILES string of the molecule is CC(C)(C)n1nnnc1C(c1ccccc1)N1CCN(c2cc3c(cc2F)c(=O)c(C(=O)O)cn3Cc2ccc(C(F)(F)F)cc2)CC1. The van der Waals surface area contributed by atoms with E-state index in [1.165, 1.54) is 22.8 Å².